The van der Waals surface area contributed by atoms with Crippen molar-refractivity contribution < 1.29 is 4.79 Å². The van der Waals surface area contributed by atoms with E-state index in [9.17, 15) is 4.79 Å². The Balaban J connectivity index is 1.79. The number of ketones is 1. The minimum Gasteiger partial charge on any atom is -0.316 e. The predicted octanol–water partition coefficient (Wildman–Crippen LogP) is 3.02. The second-order valence-corrected chi connectivity index (χ2v) is 5.87. The first-order chi connectivity index (χ1) is 7.75. The van der Waals surface area contributed by atoms with Gasteiger partial charge in [0.05, 0.1) is 4.88 Å². The fraction of sp³-hybridized carbons (Fsp3) is 0.615. The topological polar surface area (TPSA) is 29.1 Å². The van der Waals surface area contributed by atoms with E-state index >= 15 is 0 Å². The van der Waals surface area contributed by atoms with Crippen molar-refractivity contribution >= 4 is 17.1 Å². The highest BCUT2D eigenvalue weighted by Gasteiger charge is 2.15. The fourth-order valence-electron chi connectivity index (χ4n) is 2.21. The Morgan fingerprint density at radius 3 is 3.06 bits per heavy atom. The maximum absolute atomic E-state index is 11.9. The summed E-state index contributed by atoms with van der Waals surface area (Å²) < 4.78 is 0. The molecule has 2 rings (SSSR count). The summed E-state index contributed by atoms with van der Waals surface area (Å²) in [4.78, 5) is 14.0. The molecule has 0 spiro atoms. The molecular formula is C13H19NOS. The second-order valence-electron chi connectivity index (χ2n) is 4.58. The van der Waals surface area contributed by atoms with Crippen molar-refractivity contribution in [2.45, 2.75) is 32.6 Å². The molecule has 0 saturated carbocycles. The van der Waals surface area contributed by atoms with Crippen molar-refractivity contribution in [3.8, 4) is 0 Å². The SMILES string of the molecule is Cc1ccc(C(=O)CCC2CCCNC2)s1. The van der Waals surface area contributed by atoms with Crippen LogP contribution in [0.15, 0.2) is 12.1 Å². The van der Waals surface area contributed by atoms with E-state index < -0.39 is 0 Å². The van der Waals surface area contributed by atoms with E-state index in [2.05, 4.69) is 5.32 Å². The first kappa shape index (κ1) is 11.8. The quantitative estimate of drug-likeness (QED) is 0.816. The molecule has 0 amide bonds. The van der Waals surface area contributed by atoms with Crippen molar-refractivity contribution in [2.24, 2.45) is 5.92 Å². The molecule has 1 N–H and O–H groups in total. The van der Waals surface area contributed by atoms with Gasteiger partial charge >= 0.3 is 0 Å². The van der Waals surface area contributed by atoms with Crippen LogP contribution in [-0.2, 0) is 0 Å². The summed E-state index contributed by atoms with van der Waals surface area (Å²) in [7, 11) is 0. The van der Waals surface area contributed by atoms with Crippen LogP contribution in [0.5, 0.6) is 0 Å². The second kappa shape index (κ2) is 5.60. The molecule has 1 saturated heterocycles. The lowest BCUT2D eigenvalue weighted by atomic mass is 9.93. The highest BCUT2D eigenvalue weighted by molar-refractivity contribution is 7.14. The molecular weight excluding hydrogens is 218 g/mol. The van der Waals surface area contributed by atoms with Gasteiger partial charge in [-0.1, -0.05) is 0 Å². The predicted molar refractivity (Wildman–Crippen MR) is 68.2 cm³/mol. The molecule has 0 bridgehead atoms. The zero-order valence-electron chi connectivity index (χ0n) is 9.79. The minimum atomic E-state index is 0.323. The van der Waals surface area contributed by atoms with Gasteiger partial charge in [-0.25, -0.2) is 0 Å². The molecule has 1 unspecified atom stereocenters. The average Bonchev–Trinajstić information content (AvgIpc) is 2.74. The Morgan fingerprint density at radius 2 is 2.44 bits per heavy atom. The summed E-state index contributed by atoms with van der Waals surface area (Å²) in [6.45, 7) is 4.29. The van der Waals surface area contributed by atoms with E-state index in [-0.39, 0.29) is 0 Å². The van der Waals surface area contributed by atoms with Crippen LogP contribution in [-0.4, -0.2) is 18.9 Å². The van der Waals surface area contributed by atoms with Crippen LogP contribution in [0.3, 0.4) is 0 Å². The number of thiophene rings is 1. The molecule has 0 radical (unpaired) electrons. The smallest absolute Gasteiger partial charge is 0.172 e. The van der Waals surface area contributed by atoms with E-state index in [4.69, 9.17) is 0 Å². The molecule has 1 aliphatic rings. The van der Waals surface area contributed by atoms with Crippen LogP contribution in [0.1, 0.15) is 40.2 Å². The molecule has 0 aromatic carbocycles. The molecule has 1 atom stereocenters. The molecule has 16 heavy (non-hydrogen) atoms. The number of carbonyl (C=O) groups excluding carboxylic acids is 1. The third kappa shape index (κ3) is 3.16. The van der Waals surface area contributed by atoms with Crippen molar-refractivity contribution in [1.29, 1.82) is 0 Å². The van der Waals surface area contributed by atoms with Gasteiger partial charge in [-0.05, 0) is 57.3 Å². The monoisotopic (exact) mass is 237 g/mol. The van der Waals surface area contributed by atoms with E-state index in [0.717, 1.165) is 24.4 Å². The van der Waals surface area contributed by atoms with Gasteiger partial charge in [-0.3, -0.25) is 4.79 Å². The van der Waals surface area contributed by atoms with E-state index in [1.165, 1.54) is 17.7 Å². The van der Waals surface area contributed by atoms with Crippen molar-refractivity contribution in [3.05, 3.63) is 21.9 Å². The Morgan fingerprint density at radius 1 is 1.56 bits per heavy atom. The minimum absolute atomic E-state index is 0.323. The average molecular weight is 237 g/mol. The van der Waals surface area contributed by atoms with Crippen molar-refractivity contribution in [3.63, 3.8) is 0 Å². The van der Waals surface area contributed by atoms with Crippen LogP contribution in [0.2, 0.25) is 0 Å². The molecule has 88 valence electrons. The van der Waals surface area contributed by atoms with Crippen LogP contribution in [0.4, 0.5) is 0 Å². The summed E-state index contributed by atoms with van der Waals surface area (Å²) in [6, 6.07) is 3.99. The van der Waals surface area contributed by atoms with Crippen molar-refractivity contribution in [2.75, 3.05) is 13.1 Å². The fourth-order valence-corrected chi connectivity index (χ4v) is 3.05. The number of nitrogens with one attached hydrogen (secondary N) is 1. The maximum atomic E-state index is 11.9. The molecule has 1 aromatic rings. The summed E-state index contributed by atoms with van der Waals surface area (Å²) in [6.07, 6.45) is 4.30. The van der Waals surface area contributed by atoms with Crippen LogP contribution < -0.4 is 5.32 Å². The lowest BCUT2D eigenvalue weighted by Gasteiger charge is -2.22. The van der Waals surface area contributed by atoms with Crippen LogP contribution in [0.25, 0.3) is 0 Å². The highest BCUT2D eigenvalue weighted by Crippen LogP contribution is 2.21. The van der Waals surface area contributed by atoms with Gasteiger partial charge in [0.2, 0.25) is 0 Å². The zero-order valence-corrected chi connectivity index (χ0v) is 10.6. The highest BCUT2D eigenvalue weighted by atomic mass is 32.1. The summed E-state index contributed by atoms with van der Waals surface area (Å²) in [5.41, 5.74) is 0. The summed E-state index contributed by atoms with van der Waals surface area (Å²) >= 11 is 1.62. The normalized spacial score (nSPS) is 20.9. The molecule has 0 aliphatic carbocycles. The third-order valence-corrected chi connectivity index (χ3v) is 4.24. The van der Waals surface area contributed by atoms with Gasteiger partial charge in [0, 0.05) is 11.3 Å². The first-order valence-corrected chi connectivity index (χ1v) is 6.87. The third-order valence-electron chi connectivity index (χ3n) is 3.19. The van der Waals surface area contributed by atoms with E-state index in [0.29, 0.717) is 18.1 Å². The number of hydrogen-bond acceptors (Lipinski definition) is 3. The first-order valence-electron chi connectivity index (χ1n) is 6.06. The summed E-state index contributed by atoms with van der Waals surface area (Å²) in [5, 5.41) is 3.39. The number of Topliss-reactive ketones (excluding diaryl/α,β-unsaturated/α-hetero) is 1. The van der Waals surface area contributed by atoms with Gasteiger partial charge < -0.3 is 5.32 Å². The van der Waals surface area contributed by atoms with E-state index in [1.807, 2.05) is 19.1 Å². The largest absolute Gasteiger partial charge is 0.316 e. The molecule has 1 aromatic heterocycles. The Labute approximate surface area is 101 Å². The van der Waals surface area contributed by atoms with E-state index in [1.54, 1.807) is 11.3 Å². The number of rotatable bonds is 4. The Bertz CT molecular complexity index is 353. The molecule has 2 heterocycles. The molecule has 2 nitrogen and oxygen atoms in total. The number of aryl methyl sites for hydroxylation is 1. The Hall–Kier alpha value is -0.670. The molecule has 1 fully saturated rings. The van der Waals surface area contributed by atoms with Gasteiger partial charge in [-0.15, -0.1) is 11.3 Å². The van der Waals surface area contributed by atoms with Gasteiger partial charge in [0.1, 0.15) is 0 Å². The van der Waals surface area contributed by atoms with Gasteiger partial charge in [-0.2, -0.15) is 0 Å². The zero-order chi connectivity index (χ0) is 11.4. The van der Waals surface area contributed by atoms with Crippen molar-refractivity contribution in [1.82, 2.24) is 5.32 Å². The Kier molecular flexibility index (Phi) is 4.13. The van der Waals surface area contributed by atoms with Crippen LogP contribution in [0, 0.1) is 12.8 Å². The van der Waals surface area contributed by atoms with Crippen LogP contribution >= 0.6 is 11.3 Å². The molecule has 3 heteroatoms. The maximum Gasteiger partial charge on any atom is 0.172 e. The number of piperidine rings is 1. The summed E-state index contributed by atoms with van der Waals surface area (Å²) in [5.74, 6) is 1.03. The number of hydrogen-bond donors (Lipinski definition) is 1. The number of carbonyl (C=O) groups is 1. The lowest BCUT2D eigenvalue weighted by Crippen LogP contribution is -2.29. The van der Waals surface area contributed by atoms with Gasteiger partial charge in [0.15, 0.2) is 5.78 Å². The standard InChI is InChI=1S/C13H19NOS/c1-10-4-7-13(16-10)12(15)6-5-11-3-2-8-14-9-11/h4,7,11,14H,2-3,5-6,8-9H2,1H3. The van der Waals surface area contributed by atoms with Gasteiger partial charge in [0.25, 0.3) is 0 Å². The lowest BCUT2D eigenvalue weighted by molar-refractivity contribution is 0.0975. The molecule has 1 aliphatic heterocycles.